The number of hydrogen-bond donors (Lipinski definition) is 1. The molecule has 0 saturated heterocycles. The third kappa shape index (κ3) is 3.03. The van der Waals surface area contributed by atoms with E-state index in [2.05, 4.69) is 10.2 Å². The zero-order valence-electron chi connectivity index (χ0n) is 11.7. The Morgan fingerprint density at radius 1 is 1.05 bits per heavy atom. The Hall–Kier alpha value is -0.950. The minimum absolute atomic E-state index is 0.0522. The Bertz CT molecular complexity index is 569. The molecule has 2 fully saturated rings. The predicted octanol–water partition coefficient (Wildman–Crippen LogP) is 1.77. The van der Waals surface area contributed by atoms with Crippen molar-refractivity contribution in [1.29, 1.82) is 0 Å². The van der Waals surface area contributed by atoms with E-state index in [0.717, 1.165) is 25.1 Å². The molecule has 1 heterocycles. The second kappa shape index (κ2) is 5.44. The van der Waals surface area contributed by atoms with Crippen LogP contribution in [0.3, 0.4) is 0 Å². The van der Waals surface area contributed by atoms with Gasteiger partial charge in [-0.05, 0) is 18.8 Å². The molecule has 112 valence electrons. The van der Waals surface area contributed by atoms with E-state index in [1.807, 2.05) is 0 Å². The van der Waals surface area contributed by atoms with E-state index in [-0.39, 0.29) is 11.2 Å². The topological polar surface area (TPSA) is 90.9 Å². The van der Waals surface area contributed by atoms with Gasteiger partial charge in [-0.15, -0.1) is 10.2 Å². The molecule has 2 N–H and O–H groups in total. The van der Waals surface area contributed by atoms with Gasteiger partial charge in [-0.25, -0.2) is 13.6 Å². The zero-order valence-corrected chi connectivity index (χ0v) is 12.5. The van der Waals surface area contributed by atoms with Crippen molar-refractivity contribution < 1.29 is 8.42 Å². The highest BCUT2D eigenvalue weighted by molar-refractivity contribution is 7.89. The predicted molar refractivity (Wildman–Crippen MR) is 74.6 cm³/mol. The first-order chi connectivity index (χ1) is 9.55. The molecule has 1 aromatic heterocycles. The molecule has 7 heteroatoms. The molecular weight excluding hydrogens is 276 g/mol. The molecule has 1 aromatic rings. The lowest BCUT2D eigenvalue weighted by Crippen LogP contribution is -2.19. The summed E-state index contributed by atoms with van der Waals surface area (Å²) in [5.74, 6) is 1.41. The van der Waals surface area contributed by atoms with Crippen LogP contribution in [0.15, 0.2) is 5.16 Å². The van der Waals surface area contributed by atoms with Crippen LogP contribution in [0.4, 0.5) is 0 Å². The molecule has 2 aliphatic rings. The second-order valence-electron chi connectivity index (χ2n) is 6.11. The number of aromatic nitrogens is 3. The summed E-state index contributed by atoms with van der Waals surface area (Å²) in [7, 11) is -3.78. The van der Waals surface area contributed by atoms with Gasteiger partial charge in [-0.2, -0.15) is 0 Å². The molecule has 2 saturated carbocycles. The van der Waals surface area contributed by atoms with Gasteiger partial charge in [0.15, 0.2) is 0 Å². The van der Waals surface area contributed by atoms with Crippen molar-refractivity contribution >= 4 is 10.0 Å². The Balaban J connectivity index is 1.84. The van der Waals surface area contributed by atoms with Gasteiger partial charge in [0.25, 0.3) is 15.2 Å². The van der Waals surface area contributed by atoms with Crippen molar-refractivity contribution in [3.8, 4) is 0 Å². The first-order valence-electron chi connectivity index (χ1n) is 7.52. The first kappa shape index (κ1) is 14.0. The molecule has 0 spiro atoms. The van der Waals surface area contributed by atoms with Crippen LogP contribution in [0.5, 0.6) is 0 Å². The van der Waals surface area contributed by atoms with E-state index >= 15 is 0 Å². The Labute approximate surface area is 119 Å². The Kier molecular flexibility index (Phi) is 3.81. The summed E-state index contributed by atoms with van der Waals surface area (Å²) >= 11 is 0. The number of hydrogen-bond acceptors (Lipinski definition) is 4. The van der Waals surface area contributed by atoms with Crippen LogP contribution in [-0.4, -0.2) is 23.2 Å². The van der Waals surface area contributed by atoms with Crippen LogP contribution < -0.4 is 5.14 Å². The second-order valence-corrected chi connectivity index (χ2v) is 7.56. The Morgan fingerprint density at radius 2 is 1.70 bits per heavy atom. The molecule has 0 aliphatic heterocycles. The van der Waals surface area contributed by atoms with Crippen molar-refractivity contribution in [2.45, 2.75) is 69.0 Å². The van der Waals surface area contributed by atoms with Gasteiger partial charge in [-0.3, -0.25) is 4.57 Å². The maximum atomic E-state index is 11.6. The molecule has 0 amide bonds. The molecule has 0 atom stereocenters. The first-order valence-corrected chi connectivity index (χ1v) is 9.07. The average molecular weight is 298 g/mol. The summed E-state index contributed by atoms with van der Waals surface area (Å²) in [6.45, 7) is 0. The molecule has 0 aromatic carbocycles. The maximum Gasteiger partial charge on any atom is 0.273 e. The number of nitrogens with two attached hydrogens (primary N) is 1. The van der Waals surface area contributed by atoms with Crippen LogP contribution in [0.1, 0.15) is 63.2 Å². The van der Waals surface area contributed by atoms with Gasteiger partial charge < -0.3 is 0 Å². The van der Waals surface area contributed by atoms with Crippen LogP contribution in [0, 0.1) is 5.92 Å². The standard InChI is InChI=1S/C13H22N4O2S/c14-20(18,19)13-16-15-12(17(13)11-7-8-11)9-10-5-3-1-2-4-6-10/h10-11H,1-9H2,(H2,14,18,19). The SMILES string of the molecule is NS(=O)(=O)c1nnc(CC2CCCCCC2)n1C1CC1. The van der Waals surface area contributed by atoms with Gasteiger partial charge in [-0.1, -0.05) is 38.5 Å². The smallest absolute Gasteiger partial charge is 0.273 e. The quantitative estimate of drug-likeness (QED) is 0.858. The van der Waals surface area contributed by atoms with Crippen molar-refractivity contribution in [2.75, 3.05) is 0 Å². The maximum absolute atomic E-state index is 11.6. The molecule has 0 bridgehead atoms. The number of primary sulfonamides is 1. The van der Waals surface area contributed by atoms with E-state index in [0.29, 0.717) is 5.92 Å². The highest BCUT2D eigenvalue weighted by Crippen LogP contribution is 2.38. The zero-order chi connectivity index (χ0) is 14.2. The Morgan fingerprint density at radius 3 is 2.25 bits per heavy atom. The fourth-order valence-corrected chi connectivity index (χ4v) is 3.85. The van der Waals surface area contributed by atoms with Crippen molar-refractivity contribution in [3.63, 3.8) is 0 Å². The third-order valence-corrected chi connectivity index (χ3v) is 5.13. The highest BCUT2D eigenvalue weighted by Gasteiger charge is 2.33. The third-order valence-electron chi connectivity index (χ3n) is 4.35. The fourth-order valence-electron chi connectivity index (χ4n) is 3.17. The summed E-state index contributed by atoms with van der Waals surface area (Å²) < 4.78 is 25.0. The van der Waals surface area contributed by atoms with E-state index in [4.69, 9.17) is 5.14 Å². The van der Waals surface area contributed by atoms with Gasteiger partial charge in [0.2, 0.25) is 0 Å². The van der Waals surface area contributed by atoms with Crippen LogP contribution in [0.25, 0.3) is 0 Å². The van der Waals surface area contributed by atoms with E-state index < -0.39 is 10.0 Å². The lowest BCUT2D eigenvalue weighted by molar-refractivity contribution is 0.434. The minimum Gasteiger partial charge on any atom is -0.298 e. The summed E-state index contributed by atoms with van der Waals surface area (Å²) in [5.41, 5.74) is 0. The van der Waals surface area contributed by atoms with Gasteiger partial charge in [0.1, 0.15) is 5.82 Å². The molecular formula is C13H22N4O2S. The molecule has 0 unspecified atom stereocenters. The molecule has 3 rings (SSSR count). The summed E-state index contributed by atoms with van der Waals surface area (Å²) in [4.78, 5) is 0. The molecule has 2 aliphatic carbocycles. The van der Waals surface area contributed by atoms with Crippen LogP contribution in [-0.2, 0) is 16.4 Å². The normalized spacial score (nSPS) is 21.9. The monoisotopic (exact) mass is 298 g/mol. The largest absolute Gasteiger partial charge is 0.298 e. The van der Waals surface area contributed by atoms with Gasteiger partial charge in [0, 0.05) is 12.5 Å². The minimum atomic E-state index is -3.78. The fraction of sp³-hybridized carbons (Fsp3) is 0.846. The number of rotatable bonds is 4. The summed E-state index contributed by atoms with van der Waals surface area (Å²) in [6, 6.07) is 0.235. The van der Waals surface area contributed by atoms with Crippen molar-refractivity contribution in [2.24, 2.45) is 11.1 Å². The lowest BCUT2D eigenvalue weighted by Gasteiger charge is -2.14. The van der Waals surface area contributed by atoms with Crippen molar-refractivity contribution in [3.05, 3.63) is 5.82 Å². The lowest BCUT2D eigenvalue weighted by atomic mass is 9.96. The summed E-state index contributed by atoms with van der Waals surface area (Å²) in [6.07, 6.45) is 10.4. The van der Waals surface area contributed by atoms with E-state index in [1.165, 1.54) is 38.5 Å². The highest BCUT2D eigenvalue weighted by atomic mass is 32.2. The van der Waals surface area contributed by atoms with E-state index in [1.54, 1.807) is 4.57 Å². The van der Waals surface area contributed by atoms with Gasteiger partial charge >= 0.3 is 0 Å². The number of sulfonamides is 1. The molecule has 20 heavy (non-hydrogen) atoms. The van der Waals surface area contributed by atoms with E-state index in [9.17, 15) is 8.42 Å². The summed E-state index contributed by atoms with van der Waals surface area (Å²) in [5, 5.41) is 13.2. The average Bonchev–Trinajstić information content (AvgIpc) is 3.15. The van der Waals surface area contributed by atoms with Gasteiger partial charge in [0.05, 0.1) is 0 Å². The molecule has 0 radical (unpaired) electrons. The van der Waals surface area contributed by atoms with Crippen LogP contribution >= 0.6 is 0 Å². The van der Waals surface area contributed by atoms with Crippen LogP contribution in [0.2, 0.25) is 0 Å². The van der Waals surface area contributed by atoms with Crippen molar-refractivity contribution in [1.82, 2.24) is 14.8 Å². The number of nitrogens with zero attached hydrogens (tertiary/aromatic N) is 3. The molecule has 6 nitrogen and oxygen atoms in total.